The molecule has 3 aromatic carbocycles. The number of aliphatic hydroxyl groups is 1. The van der Waals surface area contributed by atoms with E-state index in [9.17, 15) is 5.11 Å². The van der Waals surface area contributed by atoms with Gasteiger partial charge in [-0.2, -0.15) is 0 Å². The first-order valence-electron chi connectivity index (χ1n) is 9.91. The van der Waals surface area contributed by atoms with Crippen LogP contribution < -0.4 is 0 Å². The Bertz CT molecular complexity index is 956. The topological polar surface area (TPSA) is 73.1 Å². The van der Waals surface area contributed by atoms with Crippen molar-refractivity contribution >= 4 is 0 Å². The quantitative estimate of drug-likeness (QED) is 0.458. The van der Waals surface area contributed by atoms with E-state index >= 15 is 0 Å². The molecule has 0 bridgehead atoms. The Morgan fingerprint density at radius 1 is 0.833 bits per heavy atom. The van der Waals surface area contributed by atoms with Crippen molar-refractivity contribution in [3.05, 3.63) is 114 Å². The molecule has 0 aliphatic rings. The molecule has 6 heteroatoms. The number of ether oxygens (including phenoxy) is 1. The Kier molecular flexibility index (Phi) is 5.97. The molecule has 1 aromatic heterocycles. The Hall–Kier alpha value is -3.35. The van der Waals surface area contributed by atoms with Crippen LogP contribution in [0.4, 0.5) is 0 Å². The van der Waals surface area contributed by atoms with Crippen molar-refractivity contribution in [3.63, 3.8) is 0 Å². The van der Waals surface area contributed by atoms with Crippen molar-refractivity contribution in [3.8, 4) is 0 Å². The van der Waals surface area contributed by atoms with E-state index in [2.05, 4.69) is 51.9 Å². The number of aromatic nitrogens is 4. The minimum absolute atomic E-state index is 0.139. The van der Waals surface area contributed by atoms with Gasteiger partial charge in [0.1, 0.15) is 17.5 Å². The molecular weight excluding hydrogens is 376 g/mol. The van der Waals surface area contributed by atoms with E-state index in [4.69, 9.17) is 4.74 Å². The molecule has 30 heavy (non-hydrogen) atoms. The summed E-state index contributed by atoms with van der Waals surface area (Å²) >= 11 is 0. The zero-order chi connectivity index (χ0) is 20.8. The van der Waals surface area contributed by atoms with Crippen molar-refractivity contribution in [1.29, 1.82) is 0 Å². The summed E-state index contributed by atoms with van der Waals surface area (Å²) in [5, 5.41) is 21.7. The Morgan fingerprint density at radius 3 is 1.67 bits per heavy atom. The fraction of sp³-hybridized carbons (Fsp3) is 0.208. The van der Waals surface area contributed by atoms with Gasteiger partial charge in [0, 0.05) is 0 Å². The van der Waals surface area contributed by atoms with Gasteiger partial charge in [-0.15, -0.1) is 5.10 Å². The normalized spacial score (nSPS) is 12.6. The minimum atomic E-state index is -0.848. The van der Waals surface area contributed by atoms with Crippen LogP contribution in [0.1, 0.15) is 28.6 Å². The van der Waals surface area contributed by atoms with Crippen LogP contribution in [-0.2, 0) is 10.3 Å². The summed E-state index contributed by atoms with van der Waals surface area (Å²) < 4.78 is 8.35. The largest absolute Gasteiger partial charge is 0.394 e. The number of hydrogen-bond donors (Lipinski definition) is 1. The van der Waals surface area contributed by atoms with Gasteiger partial charge in [-0.3, -0.25) is 0 Å². The van der Waals surface area contributed by atoms with Gasteiger partial charge >= 0.3 is 0 Å². The number of aliphatic hydroxyl groups excluding tert-OH is 1. The number of benzene rings is 3. The van der Waals surface area contributed by atoms with Crippen molar-refractivity contribution in [2.75, 3.05) is 13.2 Å². The average molecular weight is 400 g/mol. The highest BCUT2D eigenvalue weighted by Crippen LogP contribution is 2.40. The average Bonchev–Trinajstić information content (AvgIpc) is 3.24. The standard InChI is InChI=1S/C24H24N4O2/c1-19-25-26-27-28(19)23(17-29)18-30-24(20-11-5-2-6-12-20,21-13-7-3-8-14-21)22-15-9-4-10-16-22/h2-16,23,29H,17-18H2,1H3. The molecule has 0 aliphatic heterocycles. The molecule has 0 amide bonds. The third-order valence-corrected chi connectivity index (χ3v) is 5.25. The second kappa shape index (κ2) is 8.98. The molecule has 1 unspecified atom stereocenters. The van der Waals surface area contributed by atoms with E-state index in [1.54, 1.807) is 4.68 Å². The zero-order valence-corrected chi connectivity index (χ0v) is 16.8. The van der Waals surface area contributed by atoms with Crippen LogP contribution in [0.5, 0.6) is 0 Å². The molecule has 0 radical (unpaired) electrons. The van der Waals surface area contributed by atoms with Gasteiger partial charge in [-0.1, -0.05) is 91.0 Å². The van der Waals surface area contributed by atoms with E-state index in [-0.39, 0.29) is 13.2 Å². The van der Waals surface area contributed by atoms with Crippen molar-refractivity contribution in [2.24, 2.45) is 0 Å². The third-order valence-electron chi connectivity index (χ3n) is 5.25. The summed E-state index contributed by atoms with van der Waals surface area (Å²) in [6.45, 7) is 1.89. The fourth-order valence-electron chi connectivity index (χ4n) is 3.77. The van der Waals surface area contributed by atoms with Crippen LogP contribution in [0, 0.1) is 6.92 Å². The molecule has 1 atom stereocenters. The summed E-state index contributed by atoms with van der Waals surface area (Å²) in [6, 6.07) is 30.0. The maximum absolute atomic E-state index is 10.0. The van der Waals surface area contributed by atoms with Gasteiger partial charge in [-0.25, -0.2) is 4.68 Å². The number of tetrazole rings is 1. The molecule has 0 fully saturated rings. The van der Waals surface area contributed by atoms with E-state index in [0.717, 1.165) is 16.7 Å². The molecule has 1 heterocycles. The lowest BCUT2D eigenvalue weighted by atomic mass is 9.80. The molecule has 0 saturated heterocycles. The molecule has 0 spiro atoms. The number of aryl methyl sites for hydroxylation is 1. The molecule has 0 saturated carbocycles. The minimum Gasteiger partial charge on any atom is -0.394 e. The van der Waals surface area contributed by atoms with Gasteiger partial charge in [0.25, 0.3) is 0 Å². The van der Waals surface area contributed by atoms with Crippen LogP contribution >= 0.6 is 0 Å². The smallest absolute Gasteiger partial charge is 0.148 e. The molecule has 4 aromatic rings. The van der Waals surface area contributed by atoms with Crippen LogP contribution in [0.2, 0.25) is 0 Å². The molecule has 4 rings (SSSR count). The van der Waals surface area contributed by atoms with E-state index in [1.807, 2.05) is 61.5 Å². The first-order valence-corrected chi connectivity index (χ1v) is 9.91. The molecule has 1 N–H and O–H groups in total. The molecular formula is C24H24N4O2. The summed E-state index contributed by atoms with van der Waals surface area (Å²) in [7, 11) is 0. The highest BCUT2D eigenvalue weighted by Gasteiger charge is 2.38. The van der Waals surface area contributed by atoms with Gasteiger partial charge in [0.05, 0.1) is 13.2 Å². The Morgan fingerprint density at radius 2 is 1.30 bits per heavy atom. The summed E-state index contributed by atoms with van der Waals surface area (Å²) in [4.78, 5) is 0. The van der Waals surface area contributed by atoms with E-state index < -0.39 is 11.6 Å². The second-order valence-corrected chi connectivity index (χ2v) is 7.10. The predicted molar refractivity (Wildman–Crippen MR) is 114 cm³/mol. The SMILES string of the molecule is Cc1nnnn1C(CO)COC(c1ccccc1)(c1ccccc1)c1ccccc1. The first-order chi connectivity index (χ1) is 14.8. The highest BCUT2D eigenvalue weighted by molar-refractivity contribution is 5.47. The Balaban J connectivity index is 1.83. The molecule has 6 nitrogen and oxygen atoms in total. The maximum atomic E-state index is 10.0. The van der Waals surface area contributed by atoms with Gasteiger partial charge in [0.15, 0.2) is 0 Å². The number of nitrogens with zero attached hydrogens (tertiary/aromatic N) is 4. The summed E-state index contributed by atoms with van der Waals surface area (Å²) in [5.41, 5.74) is 2.17. The van der Waals surface area contributed by atoms with Crippen molar-refractivity contribution < 1.29 is 9.84 Å². The number of hydrogen-bond acceptors (Lipinski definition) is 5. The molecule has 152 valence electrons. The zero-order valence-electron chi connectivity index (χ0n) is 16.8. The first kappa shape index (κ1) is 19.9. The van der Waals surface area contributed by atoms with Gasteiger partial charge in [0.2, 0.25) is 0 Å². The summed E-state index contributed by atoms with van der Waals surface area (Å²) in [6.07, 6.45) is 0. The lowest BCUT2D eigenvalue weighted by molar-refractivity contribution is -0.0181. The lowest BCUT2D eigenvalue weighted by Crippen LogP contribution is -2.36. The third kappa shape index (κ3) is 3.75. The van der Waals surface area contributed by atoms with Crippen molar-refractivity contribution in [1.82, 2.24) is 20.2 Å². The van der Waals surface area contributed by atoms with Crippen LogP contribution in [-0.4, -0.2) is 38.5 Å². The maximum Gasteiger partial charge on any atom is 0.148 e. The van der Waals surface area contributed by atoms with Gasteiger partial charge < -0.3 is 9.84 Å². The van der Waals surface area contributed by atoms with Crippen LogP contribution in [0.15, 0.2) is 91.0 Å². The monoisotopic (exact) mass is 400 g/mol. The van der Waals surface area contributed by atoms with E-state index in [0.29, 0.717) is 5.82 Å². The highest BCUT2D eigenvalue weighted by atomic mass is 16.5. The van der Waals surface area contributed by atoms with Crippen LogP contribution in [0.25, 0.3) is 0 Å². The Labute approximate surface area is 175 Å². The van der Waals surface area contributed by atoms with Crippen molar-refractivity contribution in [2.45, 2.75) is 18.6 Å². The van der Waals surface area contributed by atoms with Crippen LogP contribution in [0.3, 0.4) is 0 Å². The molecule has 0 aliphatic carbocycles. The van der Waals surface area contributed by atoms with Gasteiger partial charge in [-0.05, 0) is 34.0 Å². The fourth-order valence-corrected chi connectivity index (χ4v) is 3.77. The summed E-state index contributed by atoms with van der Waals surface area (Å²) in [5.74, 6) is 0.627. The predicted octanol–water partition coefficient (Wildman–Crippen LogP) is 3.52. The second-order valence-electron chi connectivity index (χ2n) is 7.10. The van der Waals surface area contributed by atoms with E-state index in [1.165, 1.54) is 0 Å². The number of rotatable bonds is 8. The lowest BCUT2D eigenvalue weighted by Gasteiger charge is -2.37.